The Bertz CT molecular complexity index is 361. The highest BCUT2D eigenvalue weighted by Gasteiger charge is 2.43. The fraction of sp³-hybridized carbons (Fsp3) is 0.875. The molecular formula is C16H27NO3. The summed E-state index contributed by atoms with van der Waals surface area (Å²) in [5.74, 6) is -1.19. The highest BCUT2D eigenvalue weighted by molar-refractivity contribution is 5.85. The number of amides is 1. The molecule has 2 aliphatic carbocycles. The Morgan fingerprint density at radius 3 is 2.10 bits per heavy atom. The van der Waals surface area contributed by atoms with Crippen LogP contribution in [0.2, 0.25) is 0 Å². The van der Waals surface area contributed by atoms with Gasteiger partial charge in [0.2, 0.25) is 5.91 Å². The lowest BCUT2D eigenvalue weighted by molar-refractivity contribution is -0.149. The molecule has 0 heterocycles. The van der Waals surface area contributed by atoms with Gasteiger partial charge >= 0.3 is 5.97 Å². The third kappa shape index (κ3) is 3.33. The van der Waals surface area contributed by atoms with E-state index in [4.69, 9.17) is 0 Å². The van der Waals surface area contributed by atoms with Crippen molar-refractivity contribution in [1.29, 1.82) is 0 Å². The first-order valence-corrected chi connectivity index (χ1v) is 8.00. The molecule has 0 aromatic rings. The van der Waals surface area contributed by atoms with Gasteiger partial charge in [-0.25, -0.2) is 0 Å². The molecule has 2 fully saturated rings. The Morgan fingerprint density at radius 1 is 1.00 bits per heavy atom. The molecule has 1 amide bonds. The summed E-state index contributed by atoms with van der Waals surface area (Å²) in [5.41, 5.74) is 0. The van der Waals surface area contributed by atoms with Gasteiger partial charge in [-0.2, -0.15) is 0 Å². The minimum Gasteiger partial charge on any atom is -0.481 e. The molecule has 0 saturated heterocycles. The van der Waals surface area contributed by atoms with Crippen LogP contribution in [0.1, 0.15) is 58.3 Å². The predicted octanol–water partition coefficient (Wildman–Crippen LogP) is 2.91. The molecule has 4 nitrogen and oxygen atoms in total. The molecule has 0 bridgehead atoms. The van der Waals surface area contributed by atoms with Crippen molar-refractivity contribution in [2.45, 2.75) is 64.3 Å². The molecule has 0 aromatic heterocycles. The van der Waals surface area contributed by atoms with Crippen LogP contribution in [0, 0.1) is 17.8 Å². The van der Waals surface area contributed by atoms with E-state index in [-0.39, 0.29) is 11.8 Å². The maximum absolute atomic E-state index is 12.7. The molecular weight excluding hydrogens is 254 g/mol. The molecule has 3 atom stereocenters. The topological polar surface area (TPSA) is 57.6 Å². The minimum absolute atomic E-state index is 0.0636. The first-order chi connectivity index (χ1) is 9.50. The SMILES string of the molecule is CC1C[C@H](C(=O)N(C)C2CCCCCC2)[C@H](C(=O)O)C1. The van der Waals surface area contributed by atoms with E-state index in [0.29, 0.717) is 18.4 Å². The standard InChI is InChI=1S/C16H27NO3/c1-11-9-13(14(10-11)16(19)20)15(18)17(2)12-7-5-3-4-6-8-12/h11-14H,3-10H2,1-2H3,(H,19,20)/t11?,13-,14+/m0/s1. The van der Waals surface area contributed by atoms with E-state index < -0.39 is 11.9 Å². The van der Waals surface area contributed by atoms with Crippen molar-refractivity contribution in [2.75, 3.05) is 7.05 Å². The van der Waals surface area contributed by atoms with E-state index in [9.17, 15) is 14.7 Å². The van der Waals surface area contributed by atoms with E-state index in [0.717, 1.165) is 19.3 Å². The van der Waals surface area contributed by atoms with E-state index in [1.807, 2.05) is 11.9 Å². The van der Waals surface area contributed by atoms with Crippen LogP contribution in [-0.2, 0) is 9.59 Å². The molecule has 0 spiro atoms. The largest absolute Gasteiger partial charge is 0.481 e. The normalized spacial score (nSPS) is 31.8. The smallest absolute Gasteiger partial charge is 0.307 e. The first-order valence-electron chi connectivity index (χ1n) is 8.00. The molecule has 0 radical (unpaired) electrons. The van der Waals surface area contributed by atoms with Gasteiger partial charge in [-0.05, 0) is 31.6 Å². The van der Waals surface area contributed by atoms with Crippen LogP contribution in [0.15, 0.2) is 0 Å². The Labute approximate surface area is 121 Å². The van der Waals surface area contributed by atoms with Crippen molar-refractivity contribution in [3.63, 3.8) is 0 Å². The molecule has 1 unspecified atom stereocenters. The number of aliphatic carboxylic acids is 1. The molecule has 114 valence electrons. The van der Waals surface area contributed by atoms with Crippen molar-refractivity contribution >= 4 is 11.9 Å². The summed E-state index contributed by atoms with van der Waals surface area (Å²) >= 11 is 0. The number of hydrogen-bond donors (Lipinski definition) is 1. The number of rotatable bonds is 3. The second kappa shape index (κ2) is 6.59. The Kier molecular flexibility index (Phi) is 5.06. The Hall–Kier alpha value is -1.06. The summed E-state index contributed by atoms with van der Waals surface area (Å²) in [6.07, 6.45) is 8.41. The van der Waals surface area contributed by atoms with Gasteiger partial charge in [0.25, 0.3) is 0 Å². The lowest BCUT2D eigenvalue weighted by atomic mass is 9.93. The lowest BCUT2D eigenvalue weighted by Crippen LogP contribution is -2.42. The second-order valence-corrected chi connectivity index (χ2v) is 6.72. The van der Waals surface area contributed by atoms with Crippen LogP contribution >= 0.6 is 0 Å². The van der Waals surface area contributed by atoms with E-state index in [1.165, 1.54) is 25.7 Å². The van der Waals surface area contributed by atoms with Gasteiger partial charge in [0.1, 0.15) is 0 Å². The monoisotopic (exact) mass is 281 g/mol. The summed E-state index contributed by atoms with van der Waals surface area (Å²) in [7, 11) is 1.88. The number of hydrogen-bond acceptors (Lipinski definition) is 2. The molecule has 2 saturated carbocycles. The zero-order chi connectivity index (χ0) is 14.7. The molecule has 0 aromatic carbocycles. The molecule has 1 N–H and O–H groups in total. The summed E-state index contributed by atoms with van der Waals surface area (Å²) < 4.78 is 0. The van der Waals surface area contributed by atoms with Crippen molar-refractivity contribution in [2.24, 2.45) is 17.8 Å². The highest BCUT2D eigenvalue weighted by atomic mass is 16.4. The van der Waals surface area contributed by atoms with Gasteiger partial charge in [-0.15, -0.1) is 0 Å². The molecule has 2 rings (SSSR count). The van der Waals surface area contributed by atoms with Crippen molar-refractivity contribution in [3.05, 3.63) is 0 Å². The van der Waals surface area contributed by atoms with Gasteiger partial charge in [-0.1, -0.05) is 32.6 Å². The third-order valence-electron chi connectivity index (χ3n) is 5.15. The van der Waals surface area contributed by atoms with Crippen molar-refractivity contribution in [3.8, 4) is 0 Å². The van der Waals surface area contributed by atoms with Crippen molar-refractivity contribution < 1.29 is 14.7 Å². The van der Waals surface area contributed by atoms with Crippen LogP contribution in [0.25, 0.3) is 0 Å². The zero-order valence-corrected chi connectivity index (χ0v) is 12.7. The zero-order valence-electron chi connectivity index (χ0n) is 12.7. The fourth-order valence-electron chi connectivity index (χ4n) is 3.92. The predicted molar refractivity (Wildman–Crippen MR) is 77.3 cm³/mol. The quantitative estimate of drug-likeness (QED) is 0.809. The van der Waals surface area contributed by atoms with E-state index in [2.05, 4.69) is 6.92 Å². The van der Waals surface area contributed by atoms with Gasteiger partial charge in [0.15, 0.2) is 0 Å². The maximum atomic E-state index is 12.7. The van der Waals surface area contributed by atoms with Gasteiger partial charge in [-0.3, -0.25) is 9.59 Å². The molecule has 0 aliphatic heterocycles. The van der Waals surface area contributed by atoms with E-state index in [1.54, 1.807) is 0 Å². The van der Waals surface area contributed by atoms with Crippen LogP contribution in [0.5, 0.6) is 0 Å². The second-order valence-electron chi connectivity index (χ2n) is 6.72. The van der Waals surface area contributed by atoms with Crippen LogP contribution in [0.3, 0.4) is 0 Å². The molecule has 4 heteroatoms. The van der Waals surface area contributed by atoms with Crippen LogP contribution in [0.4, 0.5) is 0 Å². The van der Waals surface area contributed by atoms with E-state index >= 15 is 0 Å². The number of carboxylic acid groups (broad SMARTS) is 1. The van der Waals surface area contributed by atoms with Crippen LogP contribution < -0.4 is 0 Å². The lowest BCUT2D eigenvalue weighted by Gasteiger charge is -2.30. The Morgan fingerprint density at radius 2 is 1.55 bits per heavy atom. The average molecular weight is 281 g/mol. The minimum atomic E-state index is -0.804. The average Bonchev–Trinajstić information content (AvgIpc) is 2.64. The number of nitrogens with zero attached hydrogens (tertiary/aromatic N) is 1. The van der Waals surface area contributed by atoms with Crippen molar-refractivity contribution in [1.82, 2.24) is 4.90 Å². The summed E-state index contributed by atoms with van der Waals surface area (Å²) in [5, 5.41) is 9.32. The third-order valence-corrected chi connectivity index (χ3v) is 5.15. The fourth-order valence-corrected chi connectivity index (χ4v) is 3.92. The van der Waals surface area contributed by atoms with Gasteiger partial charge < -0.3 is 10.0 Å². The molecule has 20 heavy (non-hydrogen) atoms. The summed E-state index contributed by atoms with van der Waals surface area (Å²) in [4.78, 5) is 25.9. The van der Waals surface area contributed by atoms with Gasteiger partial charge in [0, 0.05) is 13.1 Å². The maximum Gasteiger partial charge on any atom is 0.307 e. The van der Waals surface area contributed by atoms with Gasteiger partial charge in [0.05, 0.1) is 11.8 Å². The Balaban J connectivity index is 2.03. The number of carbonyl (C=O) groups excluding carboxylic acids is 1. The summed E-state index contributed by atoms with van der Waals surface area (Å²) in [6.45, 7) is 2.05. The summed E-state index contributed by atoms with van der Waals surface area (Å²) in [6, 6.07) is 0.315. The number of carboxylic acids is 1. The molecule has 2 aliphatic rings. The number of carbonyl (C=O) groups is 2. The highest BCUT2D eigenvalue weighted by Crippen LogP contribution is 2.38. The first kappa shape index (κ1) is 15.3. The van der Waals surface area contributed by atoms with Crippen LogP contribution in [-0.4, -0.2) is 35.0 Å².